The summed E-state index contributed by atoms with van der Waals surface area (Å²) in [6.45, 7) is 6.36. The summed E-state index contributed by atoms with van der Waals surface area (Å²) in [4.78, 5) is 31.4. The van der Waals surface area contributed by atoms with E-state index in [9.17, 15) is 4.79 Å². The molecule has 1 atom stereocenters. The summed E-state index contributed by atoms with van der Waals surface area (Å²) in [5.74, 6) is 6.26. The zero-order valence-electron chi connectivity index (χ0n) is 22.0. The normalized spacial score (nSPS) is 19.4. The molecule has 2 aromatic heterocycles. The van der Waals surface area contributed by atoms with Crippen LogP contribution >= 0.6 is 0 Å². The molecule has 2 saturated heterocycles. The van der Waals surface area contributed by atoms with E-state index >= 15 is 4.39 Å². The molecule has 2 N–H and O–H groups in total. The number of hydrogen-bond acceptors (Lipinski definition) is 7. The molecule has 0 saturated carbocycles. The number of carbonyl (C=O) groups is 1. The average Bonchev–Trinajstić information content (AvgIpc) is 2.99. The van der Waals surface area contributed by atoms with Crippen molar-refractivity contribution in [2.24, 2.45) is 0 Å². The molecule has 0 radical (unpaired) electrons. The number of rotatable bonds is 3. The van der Waals surface area contributed by atoms with Gasteiger partial charge in [-0.2, -0.15) is 0 Å². The third-order valence-corrected chi connectivity index (χ3v) is 7.91. The minimum absolute atomic E-state index is 0.108. The maximum Gasteiger partial charge on any atom is 0.254 e. The lowest BCUT2D eigenvalue weighted by molar-refractivity contribution is 0.0137. The number of benzene rings is 1. The van der Waals surface area contributed by atoms with Crippen LogP contribution in [0.3, 0.4) is 0 Å². The number of aryl methyl sites for hydroxylation is 1. The zero-order valence-corrected chi connectivity index (χ0v) is 22.0. The van der Waals surface area contributed by atoms with Crippen molar-refractivity contribution in [3.8, 4) is 23.1 Å². The van der Waals surface area contributed by atoms with Crippen LogP contribution in [0.25, 0.3) is 11.3 Å². The predicted octanol–water partition coefficient (Wildman–Crippen LogP) is 3.39. The Kier molecular flexibility index (Phi) is 6.98. The third-order valence-electron chi connectivity index (χ3n) is 7.91. The molecule has 4 heterocycles. The Morgan fingerprint density at radius 2 is 1.90 bits per heavy atom. The molecule has 39 heavy (non-hydrogen) atoms. The summed E-state index contributed by atoms with van der Waals surface area (Å²) < 4.78 is 21.9. The van der Waals surface area contributed by atoms with Crippen LogP contribution < -0.4 is 5.73 Å². The fourth-order valence-electron chi connectivity index (χ4n) is 5.73. The first kappa shape index (κ1) is 25.4. The SMILES string of the molecule is CCc1ncnc2c1C#Cc1ccc(N)nc1C(F)c1cc-2ccc1C(=O)N1CCN(C2CCOCC2)CC1. The molecule has 2 bridgehead atoms. The first-order chi connectivity index (χ1) is 19.0. The maximum atomic E-state index is 16.4. The molecule has 1 amide bonds. The first-order valence-electron chi connectivity index (χ1n) is 13.5. The third kappa shape index (κ3) is 4.86. The van der Waals surface area contributed by atoms with Gasteiger partial charge in [-0.25, -0.2) is 19.3 Å². The van der Waals surface area contributed by atoms with E-state index in [-0.39, 0.29) is 23.0 Å². The van der Waals surface area contributed by atoms with Crippen molar-refractivity contribution in [3.63, 3.8) is 0 Å². The molecule has 3 aromatic rings. The predicted molar refractivity (Wildman–Crippen MR) is 146 cm³/mol. The Bertz CT molecular complexity index is 1470. The average molecular weight is 527 g/mol. The van der Waals surface area contributed by atoms with Crippen LogP contribution in [0.1, 0.15) is 64.4 Å². The van der Waals surface area contributed by atoms with Gasteiger partial charge in [0, 0.05) is 67.7 Å². The van der Waals surface area contributed by atoms with Gasteiger partial charge in [-0.05, 0) is 43.5 Å². The van der Waals surface area contributed by atoms with Gasteiger partial charge in [0.15, 0.2) is 6.17 Å². The van der Waals surface area contributed by atoms with Gasteiger partial charge in [-0.15, -0.1) is 0 Å². The fourth-order valence-corrected chi connectivity index (χ4v) is 5.73. The van der Waals surface area contributed by atoms with E-state index in [2.05, 4.69) is 31.7 Å². The van der Waals surface area contributed by atoms with Crippen molar-refractivity contribution in [1.29, 1.82) is 0 Å². The number of hydrogen-bond donors (Lipinski definition) is 1. The van der Waals surface area contributed by atoms with E-state index in [0.29, 0.717) is 53.5 Å². The molecular weight excluding hydrogens is 495 g/mol. The number of pyridine rings is 1. The highest BCUT2D eigenvalue weighted by Crippen LogP contribution is 2.36. The second-order valence-corrected chi connectivity index (χ2v) is 10.2. The van der Waals surface area contributed by atoms with Gasteiger partial charge >= 0.3 is 0 Å². The standard InChI is InChI=1S/C30H31FN6O2/c1-2-25-23-7-3-19-5-8-26(32)35-29(19)27(31)24-17-20(28(23)34-18-33-25)4-6-22(24)30(38)37-13-11-36(12-14-37)21-9-15-39-16-10-21/h4-6,8,17-18,21,27H,2,9-16H2,1H3,(H2,32,35). The van der Waals surface area contributed by atoms with Gasteiger partial charge in [0.25, 0.3) is 5.91 Å². The number of nitrogens with two attached hydrogens (primary N) is 1. The lowest BCUT2D eigenvalue weighted by Crippen LogP contribution is -2.53. The van der Waals surface area contributed by atoms with E-state index in [4.69, 9.17) is 10.5 Å². The lowest BCUT2D eigenvalue weighted by Gasteiger charge is -2.40. The van der Waals surface area contributed by atoms with Crippen molar-refractivity contribution in [2.75, 3.05) is 45.1 Å². The minimum atomic E-state index is -1.69. The van der Waals surface area contributed by atoms with Crippen LogP contribution in [0.15, 0.2) is 36.7 Å². The quantitative estimate of drug-likeness (QED) is 0.523. The summed E-state index contributed by atoms with van der Waals surface area (Å²) in [7, 11) is 0. The molecule has 1 unspecified atom stereocenters. The summed E-state index contributed by atoms with van der Waals surface area (Å²) in [6.07, 6.45) is 2.53. The van der Waals surface area contributed by atoms with Crippen molar-refractivity contribution >= 4 is 11.7 Å². The Balaban J connectivity index is 1.39. The van der Waals surface area contributed by atoms with E-state index in [0.717, 1.165) is 44.8 Å². The molecule has 2 aliphatic heterocycles. The number of amides is 1. The number of nitrogen functional groups attached to an aromatic ring is 1. The zero-order chi connectivity index (χ0) is 26.9. The number of aromatic nitrogens is 3. The number of halogens is 1. The Labute approximate surface area is 227 Å². The molecule has 1 aliphatic carbocycles. The van der Waals surface area contributed by atoms with E-state index in [1.807, 2.05) is 17.9 Å². The molecule has 1 aromatic carbocycles. The Morgan fingerprint density at radius 1 is 1.10 bits per heavy atom. The molecule has 2 fully saturated rings. The molecule has 0 spiro atoms. The number of nitrogens with zero attached hydrogens (tertiary/aromatic N) is 5. The second kappa shape index (κ2) is 10.7. The topological polar surface area (TPSA) is 97.5 Å². The summed E-state index contributed by atoms with van der Waals surface area (Å²) in [6, 6.07) is 9.02. The largest absolute Gasteiger partial charge is 0.384 e. The van der Waals surface area contributed by atoms with Gasteiger partial charge < -0.3 is 15.4 Å². The number of anilines is 1. The van der Waals surface area contributed by atoms with Crippen LogP contribution in [0.5, 0.6) is 0 Å². The smallest absolute Gasteiger partial charge is 0.254 e. The molecule has 200 valence electrons. The Morgan fingerprint density at radius 3 is 2.67 bits per heavy atom. The molecular formula is C30H31FN6O2. The van der Waals surface area contributed by atoms with Gasteiger partial charge in [0.2, 0.25) is 0 Å². The monoisotopic (exact) mass is 526 g/mol. The van der Waals surface area contributed by atoms with Gasteiger partial charge in [0.05, 0.1) is 22.6 Å². The second-order valence-electron chi connectivity index (χ2n) is 10.2. The first-order valence-corrected chi connectivity index (χ1v) is 13.5. The van der Waals surface area contributed by atoms with Crippen LogP contribution in [0.4, 0.5) is 10.2 Å². The summed E-state index contributed by atoms with van der Waals surface area (Å²) in [5, 5.41) is 0. The Hall–Kier alpha value is -3.87. The van der Waals surface area contributed by atoms with Gasteiger partial charge in [-0.3, -0.25) is 9.69 Å². The van der Waals surface area contributed by atoms with Crippen LogP contribution in [-0.4, -0.2) is 76.1 Å². The number of fused-ring (bicyclic) bond motifs is 5. The lowest BCUT2D eigenvalue weighted by atomic mass is 9.92. The summed E-state index contributed by atoms with van der Waals surface area (Å²) in [5.41, 5.74) is 9.86. The molecule has 6 rings (SSSR count). The van der Waals surface area contributed by atoms with Crippen molar-refractivity contribution in [2.45, 2.75) is 38.4 Å². The van der Waals surface area contributed by atoms with E-state index in [1.54, 1.807) is 24.3 Å². The highest BCUT2D eigenvalue weighted by atomic mass is 19.1. The number of carbonyl (C=O) groups excluding carboxylic acids is 1. The molecule has 8 nitrogen and oxygen atoms in total. The molecule has 9 heteroatoms. The van der Waals surface area contributed by atoms with Gasteiger partial charge in [0.1, 0.15) is 12.1 Å². The van der Waals surface area contributed by atoms with Crippen molar-refractivity contribution < 1.29 is 13.9 Å². The van der Waals surface area contributed by atoms with Crippen LogP contribution in [0, 0.1) is 11.8 Å². The maximum absolute atomic E-state index is 16.4. The number of piperazine rings is 1. The summed E-state index contributed by atoms with van der Waals surface area (Å²) >= 11 is 0. The van der Waals surface area contributed by atoms with Crippen LogP contribution in [-0.2, 0) is 11.2 Å². The van der Waals surface area contributed by atoms with Crippen molar-refractivity contribution in [1.82, 2.24) is 24.8 Å². The number of ether oxygens (including phenoxy) is 1. The highest BCUT2D eigenvalue weighted by molar-refractivity contribution is 5.97. The van der Waals surface area contributed by atoms with E-state index < -0.39 is 6.17 Å². The van der Waals surface area contributed by atoms with Crippen molar-refractivity contribution in [3.05, 3.63) is 70.3 Å². The number of alkyl halides is 1. The van der Waals surface area contributed by atoms with E-state index in [1.165, 1.54) is 6.33 Å². The molecule has 3 aliphatic rings. The highest BCUT2D eigenvalue weighted by Gasteiger charge is 2.31. The fraction of sp³-hybridized carbons (Fsp3) is 0.400. The minimum Gasteiger partial charge on any atom is -0.384 e. The van der Waals surface area contributed by atoms with Crippen LogP contribution in [0.2, 0.25) is 0 Å². The van der Waals surface area contributed by atoms with Gasteiger partial charge in [-0.1, -0.05) is 24.8 Å².